The number of hydrogen-bond donors (Lipinski definition) is 1. The minimum atomic E-state index is 0.425. The van der Waals surface area contributed by atoms with E-state index in [-0.39, 0.29) is 0 Å². The predicted molar refractivity (Wildman–Crippen MR) is 61.6 cm³/mol. The molecule has 1 heterocycles. The van der Waals surface area contributed by atoms with E-state index in [4.69, 9.17) is 0 Å². The molecule has 0 spiro atoms. The molecule has 3 atom stereocenters. The standard InChI is InChI=1S/C12H21N3/c1-9-4-5-12(6-9)14-10(2)11-7-13-15(3)8-11/h7-10,12,14H,4-6H2,1-3H3. The Balaban J connectivity index is 1.89. The van der Waals surface area contributed by atoms with Gasteiger partial charge in [-0.15, -0.1) is 0 Å². The molecule has 1 fully saturated rings. The fourth-order valence-corrected chi connectivity index (χ4v) is 2.47. The Labute approximate surface area is 91.9 Å². The van der Waals surface area contributed by atoms with E-state index < -0.39 is 0 Å². The Morgan fingerprint density at radius 3 is 2.87 bits per heavy atom. The van der Waals surface area contributed by atoms with Gasteiger partial charge in [0.15, 0.2) is 0 Å². The lowest BCUT2D eigenvalue weighted by molar-refractivity contribution is 0.449. The average molecular weight is 207 g/mol. The molecule has 84 valence electrons. The van der Waals surface area contributed by atoms with Gasteiger partial charge >= 0.3 is 0 Å². The zero-order valence-electron chi connectivity index (χ0n) is 9.90. The molecular formula is C12H21N3. The van der Waals surface area contributed by atoms with Crippen molar-refractivity contribution in [2.75, 3.05) is 0 Å². The third-order valence-electron chi connectivity index (χ3n) is 3.41. The molecule has 1 N–H and O–H groups in total. The molecule has 3 nitrogen and oxygen atoms in total. The average Bonchev–Trinajstić information content (AvgIpc) is 2.75. The first kappa shape index (κ1) is 10.7. The highest BCUT2D eigenvalue weighted by Gasteiger charge is 2.22. The molecule has 1 aliphatic rings. The van der Waals surface area contributed by atoms with Crippen LogP contribution >= 0.6 is 0 Å². The number of nitrogens with one attached hydrogen (secondary N) is 1. The van der Waals surface area contributed by atoms with Gasteiger partial charge in [0.2, 0.25) is 0 Å². The Hall–Kier alpha value is -0.830. The summed E-state index contributed by atoms with van der Waals surface area (Å²) >= 11 is 0. The van der Waals surface area contributed by atoms with E-state index in [2.05, 4.69) is 30.5 Å². The van der Waals surface area contributed by atoms with Crippen molar-refractivity contribution in [2.24, 2.45) is 13.0 Å². The first-order valence-electron chi connectivity index (χ1n) is 5.89. The van der Waals surface area contributed by atoms with Gasteiger partial charge in [0.25, 0.3) is 0 Å². The Morgan fingerprint density at radius 2 is 2.33 bits per heavy atom. The van der Waals surface area contributed by atoms with Crippen LogP contribution in [0.3, 0.4) is 0 Å². The third kappa shape index (κ3) is 2.59. The van der Waals surface area contributed by atoms with Crippen molar-refractivity contribution in [3.05, 3.63) is 18.0 Å². The van der Waals surface area contributed by atoms with Crippen molar-refractivity contribution in [2.45, 2.75) is 45.2 Å². The van der Waals surface area contributed by atoms with Gasteiger partial charge in [-0.25, -0.2) is 0 Å². The third-order valence-corrected chi connectivity index (χ3v) is 3.41. The van der Waals surface area contributed by atoms with E-state index in [0.717, 1.165) is 5.92 Å². The maximum Gasteiger partial charge on any atom is 0.0537 e. The zero-order chi connectivity index (χ0) is 10.8. The van der Waals surface area contributed by atoms with Gasteiger partial charge in [-0.1, -0.05) is 6.92 Å². The van der Waals surface area contributed by atoms with Crippen LogP contribution in [0.25, 0.3) is 0 Å². The van der Waals surface area contributed by atoms with Crippen LogP contribution in [0.4, 0.5) is 0 Å². The summed E-state index contributed by atoms with van der Waals surface area (Å²) in [4.78, 5) is 0. The lowest BCUT2D eigenvalue weighted by Gasteiger charge is -2.18. The quantitative estimate of drug-likeness (QED) is 0.824. The minimum absolute atomic E-state index is 0.425. The summed E-state index contributed by atoms with van der Waals surface area (Å²) in [6, 6.07) is 1.13. The van der Waals surface area contributed by atoms with Crippen LogP contribution in [0.5, 0.6) is 0 Å². The zero-order valence-corrected chi connectivity index (χ0v) is 9.90. The molecule has 2 rings (SSSR count). The molecule has 15 heavy (non-hydrogen) atoms. The van der Waals surface area contributed by atoms with Crippen LogP contribution in [-0.4, -0.2) is 15.8 Å². The molecule has 3 heteroatoms. The van der Waals surface area contributed by atoms with E-state index in [0.29, 0.717) is 12.1 Å². The highest BCUT2D eigenvalue weighted by Crippen LogP contribution is 2.26. The van der Waals surface area contributed by atoms with Crippen LogP contribution in [-0.2, 0) is 7.05 Å². The van der Waals surface area contributed by atoms with Gasteiger partial charge in [-0.05, 0) is 32.1 Å². The summed E-state index contributed by atoms with van der Waals surface area (Å²) in [5.74, 6) is 0.892. The number of aryl methyl sites for hydroxylation is 1. The van der Waals surface area contributed by atoms with Gasteiger partial charge in [-0.3, -0.25) is 4.68 Å². The van der Waals surface area contributed by atoms with Crippen LogP contribution in [0.1, 0.15) is 44.7 Å². The van der Waals surface area contributed by atoms with Gasteiger partial charge < -0.3 is 5.32 Å². The monoisotopic (exact) mass is 207 g/mol. The van der Waals surface area contributed by atoms with Crippen molar-refractivity contribution in [1.82, 2.24) is 15.1 Å². The first-order chi connectivity index (χ1) is 7.15. The van der Waals surface area contributed by atoms with Gasteiger partial charge in [-0.2, -0.15) is 5.10 Å². The summed E-state index contributed by atoms with van der Waals surface area (Å²) in [6.07, 6.45) is 8.07. The molecule has 0 aliphatic heterocycles. The van der Waals surface area contributed by atoms with Crippen molar-refractivity contribution < 1.29 is 0 Å². The summed E-state index contributed by atoms with van der Waals surface area (Å²) in [5, 5.41) is 7.89. The predicted octanol–water partition coefficient (Wildman–Crippen LogP) is 2.26. The summed E-state index contributed by atoms with van der Waals surface area (Å²) < 4.78 is 1.87. The van der Waals surface area contributed by atoms with E-state index in [1.807, 2.05) is 17.9 Å². The van der Waals surface area contributed by atoms with E-state index in [9.17, 15) is 0 Å². The second-order valence-corrected chi connectivity index (χ2v) is 4.95. The Kier molecular flexibility index (Phi) is 3.10. The molecule has 0 saturated heterocycles. The topological polar surface area (TPSA) is 29.9 Å². The SMILES string of the molecule is CC1CCC(NC(C)c2cnn(C)c2)C1. The number of hydrogen-bond acceptors (Lipinski definition) is 2. The normalized spacial score (nSPS) is 28.2. The summed E-state index contributed by atoms with van der Waals surface area (Å²) in [7, 11) is 1.97. The largest absolute Gasteiger partial charge is 0.307 e. The van der Waals surface area contributed by atoms with Crippen LogP contribution in [0, 0.1) is 5.92 Å². The van der Waals surface area contributed by atoms with Gasteiger partial charge in [0, 0.05) is 30.9 Å². The second kappa shape index (κ2) is 4.35. The fraction of sp³-hybridized carbons (Fsp3) is 0.750. The van der Waals surface area contributed by atoms with E-state index in [1.165, 1.54) is 24.8 Å². The van der Waals surface area contributed by atoms with Crippen molar-refractivity contribution in [1.29, 1.82) is 0 Å². The second-order valence-electron chi connectivity index (χ2n) is 4.95. The van der Waals surface area contributed by atoms with Crippen molar-refractivity contribution in [3.63, 3.8) is 0 Å². The highest BCUT2D eigenvalue weighted by atomic mass is 15.2. The molecule has 0 radical (unpaired) electrons. The maximum absolute atomic E-state index is 4.20. The summed E-state index contributed by atoms with van der Waals surface area (Å²) in [6.45, 7) is 4.57. The van der Waals surface area contributed by atoms with Crippen molar-refractivity contribution >= 4 is 0 Å². The number of nitrogens with zero attached hydrogens (tertiary/aromatic N) is 2. The highest BCUT2D eigenvalue weighted by molar-refractivity contribution is 5.09. The molecule has 0 aromatic carbocycles. The van der Waals surface area contributed by atoms with Crippen molar-refractivity contribution in [3.8, 4) is 0 Å². The summed E-state index contributed by atoms with van der Waals surface area (Å²) in [5.41, 5.74) is 1.29. The molecule has 3 unspecified atom stereocenters. The molecule has 1 aliphatic carbocycles. The molecule has 1 saturated carbocycles. The van der Waals surface area contributed by atoms with Gasteiger partial charge in [0.05, 0.1) is 6.20 Å². The number of rotatable bonds is 3. The van der Waals surface area contributed by atoms with Crippen LogP contribution in [0.15, 0.2) is 12.4 Å². The van der Waals surface area contributed by atoms with E-state index >= 15 is 0 Å². The van der Waals surface area contributed by atoms with Crippen LogP contribution < -0.4 is 5.32 Å². The fourth-order valence-electron chi connectivity index (χ4n) is 2.47. The number of aromatic nitrogens is 2. The molecule has 0 bridgehead atoms. The van der Waals surface area contributed by atoms with Gasteiger partial charge in [0.1, 0.15) is 0 Å². The molecule has 0 amide bonds. The Morgan fingerprint density at radius 1 is 1.53 bits per heavy atom. The van der Waals surface area contributed by atoms with E-state index in [1.54, 1.807) is 0 Å². The van der Waals surface area contributed by atoms with Crippen LogP contribution in [0.2, 0.25) is 0 Å². The minimum Gasteiger partial charge on any atom is -0.307 e. The molecular weight excluding hydrogens is 186 g/mol. The molecule has 1 aromatic heterocycles. The maximum atomic E-state index is 4.20. The molecule has 1 aromatic rings. The lowest BCUT2D eigenvalue weighted by atomic mass is 10.1. The smallest absolute Gasteiger partial charge is 0.0537 e. The first-order valence-corrected chi connectivity index (χ1v) is 5.89. The Bertz CT molecular complexity index is 318. The lowest BCUT2D eigenvalue weighted by Crippen LogP contribution is -2.29.